The molecule has 25 heavy (non-hydrogen) atoms. The van der Waals surface area contributed by atoms with Crippen LogP contribution in [0.1, 0.15) is 43.6 Å². The van der Waals surface area contributed by atoms with Gasteiger partial charge in [0.15, 0.2) is 11.4 Å². The summed E-state index contributed by atoms with van der Waals surface area (Å²) in [4.78, 5) is 0.0671. The summed E-state index contributed by atoms with van der Waals surface area (Å²) in [6, 6.07) is 6.28. The van der Waals surface area contributed by atoms with Gasteiger partial charge in [-0.05, 0) is 36.5 Å². The number of halogens is 5. The molecule has 1 fully saturated rings. The van der Waals surface area contributed by atoms with Crippen molar-refractivity contribution in [3.05, 3.63) is 29.8 Å². The van der Waals surface area contributed by atoms with E-state index in [4.69, 9.17) is 0 Å². The lowest BCUT2D eigenvalue weighted by atomic mass is 9.84. The van der Waals surface area contributed by atoms with Crippen LogP contribution in [0.2, 0.25) is 0 Å². The van der Waals surface area contributed by atoms with Gasteiger partial charge in [0, 0.05) is 16.7 Å². The Labute approximate surface area is 152 Å². The van der Waals surface area contributed by atoms with Crippen LogP contribution in [0.25, 0.3) is 0 Å². The average molecular weight is 421 g/mol. The molecule has 3 nitrogen and oxygen atoms in total. The molecule has 0 aromatic heterocycles. The molecule has 142 valence electrons. The SMILES string of the molecule is [O-][S+](N[S+]([O-])C(F)(F)Sc1ccc(C2CCCCC2)cc1)C(F)(F)F. The van der Waals surface area contributed by atoms with Crippen molar-refractivity contribution in [1.29, 1.82) is 0 Å². The zero-order chi connectivity index (χ0) is 18.7. The highest BCUT2D eigenvalue weighted by Crippen LogP contribution is 2.41. The van der Waals surface area contributed by atoms with Crippen molar-refractivity contribution < 1.29 is 31.1 Å². The van der Waals surface area contributed by atoms with Gasteiger partial charge in [0.2, 0.25) is 11.4 Å². The van der Waals surface area contributed by atoms with Crippen molar-refractivity contribution in [2.45, 2.75) is 53.0 Å². The zero-order valence-corrected chi connectivity index (χ0v) is 15.3. The number of benzene rings is 1. The van der Waals surface area contributed by atoms with Gasteiger partial charge in [-0.15, -0.1) is 22.0 Å². The highest BCUT2D eigenvalue weighted by atomic mass is 32.3. The number of hydrogen-bond acceptors (Lipinski definition) is 4. The van der Waals surface area contributed by atoms with Crippen molar-refractivity contribution in [2.75, 3.05) is 0 Å². The molecule has 2 atom stereocenters. The number of nitrogens with one attached hydrogen (secondary N) is 1. The molecule has 0 spiro atoms. The Hall–Kier alpha value is -0.200. The number of hydrogen-bond donors (Lipinski definition) is 1. The van der Waals surface area contributed by atoms with E-state index in [0.717, 1.165) is 35.4 Å². The van der Waals surface area contributed by atoms with E-state index in [0.29, 0.717) is 5.92 Å². The predicted molar refractivity (Wildman–Crippen MR) is 88.5 cm³/mol. The fourth-order valence-corrected chi connectivity index (χ4v) is 5.34. The summed E-state index contributed by atoms with van der Waals surface area (Å²) < 4.78 is 82.8. The first kappa shape index (κ1) is 21.1. The van der Waals surface area contributed by atoms with Gasteiger partial charge in [0.05, 0.1) is 4.13 Å². The number of rotatable bonds is 6. The maximum absolute atomic E-state index is 13.8. The lowest BCUT2D eigenvalue weighted by Gasteiger charge is -2.22. The van der Waals surface area contributed by atoms with Crippen LogP contribution in [0.15, 0.2) is 29.2 Å². The molecule has 1 aliphatic carbocycles. The summed E-state index contributed by atoms with van der Waals surface area (Å²) >= 11 is -7.42. The summed E-state index contributed by atoms with van der Waals surface area (Å²) in [5.41, 5.74) is -4.23. The third kappa shape index (κ3) is 6.17. The molecule has 1 aliphatic rings. The summed E-state index contributed by atoms with van der Waals surface area (Å²) in [5.74, 6) is 0.387. The lowest BCUT2D eigenvalue weighted by Crippen LogP contribution is -2.46. The second-order valence-electron chi connectivity index (χ2n) is 5.54. The van der Waals surface area contributed by atoms with Gasteiger partial charge in [-0.3, -0.25) is 0 Å². The van der Waals surface area contributed by atoms with Crippen LogP contribution in [0.5, 0.6) is 0 Å². The van der Waals surface area contributed by atoms with Crippen LogP contribution in [0.4, 0.5) is 22.0 Å². The van der Waals surface area contributed by atoms with Crippen LogP contribution < -0.4 is 4.13 Å². The Morgan fingerprint density at radius 2 is 1.48 bits per heavy atom. The van der Waals surface area contributed by atoms with Gasteiger partial charge < -0.3 is 9.11 Å². The van der Waals surface area contributed by atoms with Gasteiger partial charge in [0.1, 0.15) is 0 Å². The molecule has 11 heteroatoms. The Bertz CT molecular complexity index is 552. The van der Waals surface area contributed by atoms with Crippen molar-refractivity contribution in [3.8, 4) is 0 Å². The molecular formula is C14H16F5NO2S3. The van der Waals surface area contributed by atoms with Gasteiger partial charge in [-0.1, -0.05) is 31.4 Å². The molecule has 0 amide bonds. The highest BCUT2D eigenvalue weighted by molar-refractivity contribution is 8.17. The minimum Gasteiger partial charge on any atom is -0.589 e. The summed E-state index contributed by atoms with van der Waals surface area (Å²) in [6.07, 6.45) is 5.52. The van der Waals surface area contributed by atoms with Gasteiger partial charge in [-0.25, -0.2) is 0 Å². The quantitative estimate of drug-likeness (QED) is 0.407. The standard InChI is InChI=1S/C14H16F5NO2S3/c15-13(16,17)24(21)20-25(22)14(18,19)23-12-8-6-11(7-9-12)10-4-2-1-3-5-10/h6-10,20H,1-5H2. The molecule has 2 rings (SSSR count). The van der Waals surface area contributed by atoms with Crippen LogP contribution >= 0.6 is 11.8 Å². The zero-order valence-electron chi connectivity index (χ0n) is 12.9. The molecule has 1 N–H and O–H groups in total. The molecule has 1 saturated carbocycles. The van der Waals surface area contributed by atoms with Crippen LogP contribution in [-0.4, -0.2) is 19.2 Å². The van der Waals surface area contributed by atoms with Crippen molar-refractivity contribution in [3.63, 3.8) is 0 Å². The number of thioether (sulfide) groups is 1. The maximum Gasteiger partial charge on any atom is 0.597 e. The van der Waals surface area contributed by atoms with Crippen molar-refractivity contribution in [1.82, 2.24) is 4.13 Å². The molecule has 0 saturated heterocycles. The van der Waals surface area contributed by atoms with Gasteiger partial charge >= 0.3 is 10.1 Å². The third-order valence-electron chi connectivity index (χ3n) is 3.77. The molecule has 2 unspecified atom stereocenters. The summed E-state index contributed by atoms with van der Waals surface area (Å²) in [6.45, 7) is 0. The van der Waals surface area contributed by atoms with Crippen molar-refractivity contribution >= 4 is 34.5 Å². The van der Waals surface area contributed by atoms with Crippen LogP contribution in [0.3, 0.4) is 0 Å². The van der Waals surface area contributed by atoms with E-state index in [-0.39, 0.29) is 16.7 Å². The molecule has 1 aromatic rings. The topological polar surface area (TPSA) is 58.1 Å². The van der Waals surface area contributed by atoms with E-state index in [1.165, 1.54) is 18.6 Å². The highest BCUT2D eigenvalue weighted by Gasteiger charge is 2.55. The Kier molecular flexibility index (Phi) is 7.31. The number of alkyl halides is 5. The first-order valence-corrected chi connectivity index (χ1v) is 10.5. The summed E-state index contributed by atoms with van der Waals surface area (Å²) in [5, 5.41) is 0. The Morgan fingerprint density at radius 1 is 0.920 bits per heavy atom. The van der Waals surface area contributed by atoms with Crippen molar-refractivity contribution in [2.24, 2.45) is 0 Å². The fourth-order valence-electron chi connectivity index (χ4n) is 2.58. The largest absolute Gasteiger partial charge is 0.597 e. The molecule has 0 radical (unpaired) electrons. The third-order valence-corrected chi connectivity index (χ3v) is 7.28. The molecule has 0 aliphatic heterocycles. The van der Waals surface area contributed by atoms with Crippen LogP contribution in [-0.2, 0) is 22.7 Å². The van der Waals surface area contributed by atoms with Gasteiger partial charge in [-0.2, -0.15) is 0 Å². The Balaban J connectivity index is 1.97. The van der Waals surface area contributed by atoms with E-state index >= 15 is 0 Å². The minimum atomic E-state index is -5.27. The Morgan fingerprint density at radius 3 is 2.00 bits per heavy atom. The van der Waals surface area contributed by atoms with E-state index in [2.05, 4.69) is 0 Å². The predicted octanol–water partition coefficient (Wildman–Crippen LogP) is 4.81. The van der Waals surface area contributed by atoms with E-state index in [1.807, 2.05) is 0 Å². The fraction of sp³-hybridized carbons (Fsp3) is 0.571. The minimum absolute atomic E-state index is 0.0671. The lowest BCUT2D eigenvalue weighted by molar-refractivity contribution is -0.0441. The molecule has 0 bridgehead atoms. The second kappa shape index (κ2) is 8.66. The second-order valence-corrected chi connectivity index (χ2v) is 9.70. The molecule has 1 aromatic carbocycles. The maximum atomic E-state index is 13.8. The normalized spacial score (nSPS) is 19.6. The first-order chi connectivity index (χ1) is 11.6. The monoisotopic (exact) mass is 421 g/mol. The smallest absolute Gasteiger partial charge is 0.589 e. The first-order valence-electron chi connectivity index (χ1n) is 7.43. The van der Waals surface area contributed by atoms with E-state index in [1.54, 1.807) is 12.1 Å². The average Bonchev–Trinajstić information content (AvgIpc) is 2.55. The summed E-state index contributed by atoms with van der Waals surface area (Å²) in [7, 11) is 0. The van der Waals surface area contributed by atoms with E-state index in [9.17, 15) is 31.1 Å². The molecular weight excluding hydrogens is 405 g/mol. The molecule has 0 heterocycles. The van der Waals surface area contributed by atoms with E-state index < -0.39 is 32.8 Å². The van der Waals surface area contributed by atoms with Crippen LogP contribution in [0, 0.1) is 0 Å². The van der Waals surface area contributed by atoms with Gasteiger partial charge in [0.25, 0.3) is 0 Å².